The summed E-state index contributed by atoms with van der Waals surface area (Å²) < 4.78 is 0. The molecule has 0 saturated carbocycles. The summed E-state index contributed by atoms with van der Waals surface area (Å²) in [5, 5.41) is 18.5. The molecule has 0 aromatic heterocycles. The van der Waals surface area contributed by atoms with Gasteiger partial charge in [-0.1, -0.05) is 29.8 Å². The molecule has 0 fully saturated rings. The van der Waals surface area contributed by atoms with Crippen LogP contribution in [0.2, 0.25) is 0 Å². The maximum atomic E-state index is 9.35. The van der Waals surface area contributed by atoms with Crippen LogP contribution >= 0.6 is 11.8 Å². The van der Waals surface area contributed by atoms with Gasteiger partial charge >= 0.3 is 0 Å². The molecule has 0 aliphatic rings. The Morgan fingerprint density at radius 1 is 1.05 bits per heavy atom. The highest BCUT2D eigenvalue weighted by Gasteiger charge is 2.16. The van der Waals surface area contributed by atoms with E-state index in [-0.39, 0.29) is 5.69 Å². The SMILES string of the molecule is CSc1cc(-c2ccc(C)cc2)c(C#N)c(N)c1C#N. The second kappa shape index (κ2) is 5.69. The Morgan fingerprint density at radius 2 is 1.65 bits per heavy atom. The Morgan fingerprint density at radius 3 is 2.15 bits per heavy atom. The van der Waals surface area contributed by atoms with E-state index in [4.69, 9.17) is 5.73 Å². The molecular weight excluding hydrogens is 266 g/mol. The van der Waals surface area contributed by atoms with Gasteiger partial charge < -0.3 is 5.73 Å². The van der Waals surface area contributed by atoms with Gasteiger partial charge in [-0.15, -0.1) is 11.8 Å². The number of hydrogen-bond acceptors (Lipinski definition) is 4. The highest BCUT2D eigenvalue weighted by molar-refractivity contribution is 7.98. The van der Waals surface area contributed by atoms with Crippen molar-refractivity contribution in [3.8, 4) is 23.3 Å². The van der Waals surface area contributed by atoms with Crippen LogP contribution in [0.4, 0.5) is 5.69 Å². The molecule has 2 aromatic rings. The molecule has 0 heterocycles. The third-order valence-corrected chi connectivity index (χ3v) is 3.90. The first-order valence-electron chi connectivity index (χ1n) is 6.00. The van der Waals surface area contributed by atoms with E-state index in [9.17, 15) is 10.5 Å². The molecular formula is C16H13N3S. The van der Waals surface area contributed by atoms with Crippen molar-refractivity contribution >= 4 is 17.4 Å². The maximum absolute atomic E-state index is 9.35. The molecule has 3 nitrogen and oxygen atoms in total. The number of nitrogen functional groups attached to an aromatic ring is 1. The normalized spacial score (nSPS) is 9.80. The molecule has 2 rings (SSSR count). The number of nitriles is 2. The Kier molecular flexibility index (Phi) is 3.98. The lowest BCUT2D eigenvalue weighted by Gasteiger charge is -2.12. The van der Waals surface area contributed by atoms with Gasteiger partial charge in [-0.3, -0.25) is 0 Å². The van der Waals surface area contributed by atoms with Crippen molar-refractivity contribution in [1.29, 1.82) is 10.5 Å². The molecule has 0 aliphatic carbocycles. The van der Waals surface area contributed by atoms with E-state index in [1.54, 1.807) is 0 Å². The zero-order chi connectivity index (χ0) is 14.7. The summed E-state index contributed by atoms with van der Waals surface area (Å²) in [5.74, 6) is 0. The van der Waals surface area contributed by atoms with Gasteiger partial charge in [-0.05, 0) is 24.8 Å². The molecule has 2 aromatic carbocycles. The number of hydrogen-bond donors (Lipinski definition) is 1. The fourth-order valence-corrected chi connectivity index (χ4v) is 2.63. The van der Waals surface area contributed by atoms with Crippen molar-refractivity contribution in [3.05, 3.63) is 47.0 Å². The van der Waals surface area contributed by atoms with Crippen LogP contribution in [-0.2, 0) is 0 Å². The molecule has 0 spiro atoms. The molecule has 0 saturated heterocycles. The van der Waals surface area contributed by atoms with Crippen LogP contribution in [0.1, 0.15) is 16.7 Å². The molecule has 0 bridgehead atoms. The number of thioether (sulfide) groups is 1. The van der Waals surface area contributed by atoms with Gasteiger partial charge in [0.1, 0.15) is 12.1 Å². The van der Waals surface area contributed by atoms with Crippen molar-refractivity contribution in [1.82, 2.24) is 0 Å². The summed E-state index contributed by atoms with van der Waals surface area (Å²) in [6.07, 6.45) is 1.89. The molecule has 4 heteroatoms. The number of nitrogens with two attached hydrogens (primary N) is 1. The van der Waals surface area contributed by atoms with Crippen molar-refractivity contribution in [2.45, 2.75) is 11.8 Å². The minimum absolute atomic E-state index is 0.262. The highest BCUT2D eigenvalue weighted by Crippen LogP contribution is 2.35. The van der Waals surface area contributed by atoms with Gasteiger partial charge in [0, 0.05) is 10.5 Å². The second-order valence-electron chi connectivity index (χ2n) is 4.38. The summed E-state index contributed by atoms with van der Waals surface area (Å²) in [6.45, 7) is 2.01. The van der Waals surface area contributed by atoms with E-state index in [0.717, 1.165) is 21.6 Å². The van der Waals surface area contributed by atoms with Gasteiger partial charge in [-0.2, -0.15) is 10.5 Å². The molecule has 2 N–H and O–H groups in total. The van der Waals surface area contributed by atoms with Crippen LogP contribution in [0.5, 0.6) is 0 Å². The van der Waals surface area contributed by atoms with E-state index in [2.05, 4.69) is 12.1 Å². The lowest BCUT2D eigenvalue weighted by Crippen LogP contribution is -1.99. The van der Waals surface area contributed by atoms with Crippen LogP contribution in [0, 0.1) is 29.6 Å². The van der Waals surface area contributed by atoms with Gasteiger partial charge in [0.05, 0.1) is 16.8 Å². The summed E-state index contributed by atoms with van der Waals surface area (Å²) in [6, 6.07) is 14.0. The van der Waals surface area contributed by atoms with E-state index in [1.165, 1.54) is 11.8 Å². The van der Waals surface area contributed by atoms with Crippen molar-refractivity contribution < 1.29 is 0 Å². The van der Waals surface area contributed by atoms with Gasteiger partial charge in [0.25, 0.3) is 0 Å². The van der Waals surface area contributed by atoms with Gasteiger partial charge in [-0.25, -0.2) is 0 Å². The fraction of sp³-hybridized carbons (Fsp3) is 0.125. The molecule has 0 unspecified atom stereocenters. The minimum atomic E-state index is 0.262. The number of anilines is 1. The Hall–Kier alpha value is -2.43. The number of rotatable bonds is 2. The zero-order valence-electron chi connectivity index (χ0n) is 11.3. The van der Waals surface area contributed by atoms with Crippen molar-refractivity contribution in [2.24, 2.45) is 0 Å². The average Bonchev–Trinajstić information content (AvgIpc) is 2.47. The van der Waals surface area contributed by atoms with Crippen LogP contribution in [0.25, 0.3) is 11.1 Å². The van der Waals surface area contributed by atoms with Crippen molar-refractivity contribution in [2.75, 3.05) is 12.0 Å². The molecule has 0 amide bonds. The predicted octanol–water partition coefficient (Wildman–Crippen LogP) is 3.71. The smallest absolute Gasteiger partial charge is 0.103 e. The van der Waals surface area contributed by atoms with Gasteiger partial charge in [0.15, 0.2) is 0 Å². The topological polar surface area (TPSA) is 73.6 Å². The largest absolute Gasteiger partial charge is 0.397 e. The fourth-order valence-electron chi connectivity index (χ4n) is 2.04. The monoisotopic (exact) mass is 279 g/mol. The first kappa shape index (κ1) is 14.0. The highest BCUT2D eigenvalue weighted by atomic mass is 32.2. The van der Waals surface area contributed by atoms with Crippen molar-refractivity contribution in [3.63, 3.8) is 0 Å². The maximum Gasteiger partial charge on any atom is 0.103 e. The number of aryl methyl sites for hydroxylation is 1. The van der Waals surface area contributed by atoms with Crippen LogP contribution in [-0.4, -0.2) is 6.26 Å². The molecule has 0 aliphatic heterocycles. The lowest BCUT2D eigenvalue weighted by molar-refractivity contribution is 1.35. The third kappa shape index (κ3) is 2.34. The predicted molar refractivity (Wildman–Crippen MR) is 82.2 cm³/mol. The summed E-state index contributed by atoms with van der Waals surface area (Å²) in [4.78, 5) is 0.791. The Bertz CT molecular complexity index is 734. The zero-order valence-corrected chi connectivity index (χ0v) is 12.1. The average molecular weight is 279 g/mol. The molecule has 20 heavy (non-hydrogen) atoms. The molecule has 0 atom stereocenters. The summed E-state index contributed by atoms with van der Waals surface area (Å²) >= 11 is 1.45. The first-order chi connectivity index (χ1) is 9.62. The Balaban J connectivity index is 2.77. The number of nitrogens with zero attached hydrogens (tertiary/aromatic N) is 2. The summed E-state index contributed by atoms with van der Waals surface area (Å²) in [7, 11) is 0. The summed E-state index contributed by atoms with van der Waals surface area (Å²) in [5.41, 5.74) is 9.85. The van der Waals surface area contributed by atoms with E-state index in [0.29, 0.717) is 11.1 Å². The first-order valence-corrected chi connectivity index (χ1v) is 7.22. The standard InChI is InChI=1S/C16H13N3S/c1-10-3-5-11(6-4-10)12-7-15(20-2)14(9-18)16(19)13(12)8-17/h3-7H,19H2,1-2H3. The van der Waals surface area contributed by atoms with Gasteiger partial charge in [0.2, 0.25) is 0 Å². The minimum Gasteiger partial charge on any atom is -0.397 e. The third-order valence-electron chi connectivity index (χ3n) is 3.14. The molecule has 0 radical (unpaired) electrons. The Labute approximate surface area is 122 Å². The van der Waals surface area contributed by atoms with E-state index < -0.39 is 0 Å². The number of benzene rings is 2. The van der Waals surface area contributed by atoms with Crippen LogP contribution in [0.15, 0.2) is 35.2 Å². The van der Waals surface area contributed by atoms with Crippen LogP contribution in [0.3, 0.4) is 0 Å². The molecule has 98 valence electrons. The lowest BCUT2D eigenvalue weighted by atomic mass is 9.96. The van der Waals surface area contributed by atoms with Crippen LogP contribution < -0.4 is 5.73 Å². The van der Waals surface area contributed by atoms with E-state index in [1.807, 2.05) is 43.5 Å². The second-order valence-corrected chi connectivity index (χ2v) is 5.23. The quantitative estimate of drug-likeness (QED) is 0.671. The van der Waals surface area contributed by atoms with E-state index >= 15 is 0 Å².